The number of hydrogen-bond acceptors (Lipinski definition) is 4. The second-order valence-corrected chi connectivity index (χ2v) is 4.61. The molecule has 0 radical (unpaired) electrons. The van der Waals surface area contributed by atoms with Crippen molar-refractivity contribution in [3.8, 4) is 11.5 Å². The van der Waals surface area contributed by atoms with Crippen molar-refractivity contribution in [1.29, 1.82) is 0 Å². The molecule has 0 aliphatic rings. The Kier molecular flexibility index (Phi) is 8.33. The van der Waals surface area contributed by atoms with Gasteiger partial charge in [0.25, 0.3) is 0 Å². The number of pyridine rings is 1. The van der Waals surface area contributed by atoms with Crippen LogP contribution in [0.3, 0.4) is 0 Å². The maximum absolute atomic E-state index is 5.63. The highest BCUT2D eigenvalue weighted by atomic mass is 35.5. The lowest BCUT2D eigenvalue weighted by atomic mass is 10.2. The van der Waals surface area contributed by atoms with Crippen LogP contribution in [0, 0.1) is 0 Å². The van der Waals surface area contributed by atoms with Gasteiger partial charge in [-0.2, -0.15) is 0 Å². The number of ether oxygens (including phenoxy) is 2. The van der Waals surface area contributed by atoms with Crippen LogP contribution in [0.1, 0.15) is 25.0 Å². The van der Waals surface area contributed by atoms with Gasteiger partial charge in [0.05, 0.1) is 13.2 Å². The van der Waals surface area contributed by atoms with E-state index in [2.05, 4.69) is 22.4 Å². The molecule has 0 aliphatic heterocycles. The van der Waals surface area contributed by atoms with Crippen molar-refractivity contribution in [3.63, 3.8) is 0 Å². The van der Waals surface area contributed by atoms with Crippen molar-refractivity contribution in [2.75, 3.05) is 13.2 Å². The standard InChI is InChI=1S/C17H22N2O2.ClH/c1-3-20-16-8-7-14(10-17(16)21-4-2)11-19-13-15-6-5-9-18-12-15;/h5-10,12,19H,3-4,11,13H2,1-2H3;1H/p-1. The third kappa shape index (κ3) is 5.54. The van der Waals surface area contributed by atoms with Crippen molar-refractivity contribution in [3.05, 3.63) is 53.9 Å². The average Bonchev–Trinajstić information content (AvgIpc) is 2.51. The van der Waals surface area contributed by atoms with E-state index < -0.39 is 0 Å². The normalized spacial score (nSPS) is 9.91. The average molecular weight is 322 g/mol. The Morgan fingerprint density at radius 2 is 1.68 bits per heavy atom. The molecule has 2 aromatic rings. The zero-order valence-corrected chi connectivity index (χ0v) is 13.8. The molecule has 1 aromatic carbocycles. The SMILES string of the molecule is CCOc1ccc(CNCc2cccnc2)cc1OCC.[Cl-]. The van der Waals surface area contributed by atoms with Gasteiger partial charge in [-0.15, -0.1) is 0 Å². The lowest BCUT2D eigenvalue weighted by Crippen LogP contribution is -3.00. The number of aromatic nitrogens is 1. The molecule has 0 saturated heterocycles. The zero-order chi connectivity index (χ0) is 14.9. The van der Waals surface area contributed by atoms with Crippen molar-refractivity contribution in [2.24, 2.45) is 0 Å². The Morgan fingerprint density at radius 3 is 2.36 bits per heavy atom. The lowest BCUT2D eigenvalue weighted by Gasteiger charge is -2.12. The number of nitrogens with one attached hydrogen (secondary N) is 1. The molecule has 22 heavy (non-hydrogen) atoms. The van der Waals surface area contributed by atoms with Gasteiger partial charge in [-0.3, -0.25) is 4.98 Å². The van der Waals surface area contributed by atoms with Gasteiger partial charge in [0.2, 0.25) is 0 Å². The second kappa shape index (κ2) is 10.0. The van der Waals surface area contributed by atoms with E-state index in [1.807, 2.05) is 38.2 Å². The first-order chi connectivity index (χ1) is 10.3. The van der Waals surface area contributed by atoms with Crippen molar-refractivity contribution >= 4 is 0 Å². The Hall–Kier alpha value is -1.78. The minimum atomic E-state index is 0. The summed E-state index contributed by atoms with van der Waals surface area (Å²) in [6.45, 7) is 6.79. The van der Waals surface area contributed by atoms with Crippen LogP contribution in [0.5, 0.6) is 11.5 Å². The van der Waals surface area contributed by atoms with Crippen LogP contribution >= 0.6 is 0 Å². The molecular weight excluding hydrogens is 300 g/mol. The molecule has 120 valence electrons. The molecule has 2 rings (SSSR count). The number of nitrogens with zero attached hydrogens (tertiary/aromatic N) is 1. The summed E-state index contributed by atoms with van der Waals surface area (Å²) in [5.41, 5.74) is 2.35. The summed E-state index contributed by atoms with van der Waals surface area (Å²) < 4.78 is 11.2. The van der Waals surface area contributed by atoms with E-state index in [0.29, 0.717) is 13.2 Å². The number of hydrogen-bond donors (Lipinski definition) is 1. The van der Waals surface area contributed by atoms with E-state index in [4.69, 9.17) is 9.47 Å². The minimum absolute atomic E-state index is 0. The van der Waals surface area contributed by atoms with Crippen LogP contribution in [-0.4, -0.2) is 18.2 Å². The van der Waals surface area contributed by atoms with Gasteiger partial charge in [0, 0.05) is 25.5 Å². The smallest absolute Gasteiger partial charge is 0.161 e. The van der Waals surface area contributed by atoms with Crippen LogP contribution in [0.4, 0.5) is 0 Å². The van der Waals surface area contributed by atoms with E-state index in [1.165, 1.54) is 11.1 Å². The first kappa shape index (κ1) is 18.3. The summed E-state index contributed by atoms with van der Waals surface area (Å²) in [5.74, 6) is 1.61. The molecule has 0 atom stereocenters. The molecular formula is C17H22ClN2O2-. The Bertz CT molecular complexity index is 550. The summed E-state index contributed by atoms with van der Waals surface area (Å²) >= 11 is 0. The van der Waals surface area contributed by atoms with Crippen molar-refractivity contribution in [1.82, 2.24) is 10.3 Å². The highest BCUT2D eigenvalue weighted by Crippen LogP contribution is 2.28. The summed E-state index contributed by atoms with van der Waals surface area (Å²) in [5, 5.41) is 3.40. The third-order valence-electron chi connectivity index (χ3n) is 2.99. The van der Waals surface area contributed by atoms with Crippen molar-refractivity contribution in [2.45, 2.75) is 26.9 Å². The first-order valence-corrected chi connectivity index (χ1v) is 7.31. The maximum Gasteiger partial charge on any atom is 0.161 e. The molecule has 0 amide bonds. The molecule has 5 heteroatoms. The van der Waals surface area contributed by atoms with Gasteiger partial charge in [-0.05, 0) is 43.2 Å². The van der Waals surface area contributed by atoms with Gasteiger partial charge in [-0.25, -0.2) is 0 Å². The highest BCUT2D eigenvalue weighted by Gasteiger charge is 2.06. The molecule has 0 fully saturated rings. The van der Waals surface area contributed by atoms with E-state index in [-0.39, 0.29) is 12.4 Å². The molecule has 0 unspecified atom stereocenters. The van der Waals surface area contributed by atoms with E-state index in [0.717, 1.165) is 24.6 Å². The number of benzene rings is 1. The fourth-order valence-electron chi connectivity index (χ4n) is 2.06. The topological polar surface area (TPSA) is 43.4 Å². The van der Waals surface area contributed by atoms with E-state index >= 15 is 0 Å². The van der Waals surface area contributed by atoms with Gasteiger partial charge >= 0.3 is 0 Å². The van der Waals surface area contributed by atoms with Crippen LogP contribution in [0.2, 0.25) is 0 Å². The Labute approximate surface area is 138 Å². The molecule has 4 nitrogen and oxygen atoms in total. The van der Waals surface area contributed by atoms with E-state index in [9.17, 15) is 0 Å². The lowest BCUT2D eigenvalue weighted by molar-refractivity contribution is -0.00000538. The highest BCUT2D eigenvalue weighted by molar-refractivity contribution is 5.43. The van der Waals surface area contributed by atoms with Gasteiger partial charge in [-0.1, -0.05) is 12.1 Å². The molecule has 0 saturated carbocycles. The third-order valence-corrected chi connectivity index (χ3v) is 2.99. The van der Waals surface area contributed by atoms with Gasteiger partial charge in [0.1, 0.15) is 0 Å². The fraction of sp³-hybridized carbons (Fsp3) is 0.353. The van der Waals surface area contributed by atoms with Crippen LogP contribution in [0.25, 0.3) is 0 Å². The zero-order valence-electron chi connectivity index (χ0n) is 13.0. The minimum Gasteiger partial charge on any atom is -1.00 e. The summed E-state index contributed by atoms with van der Waals surface area (Å²) in [6.07, 6.45) is 3.65. The molecule has 1 N–H and O–H groups in total. The predicted octanol–water partition coefficient (Wildman–Crippen LogP) is 0.173. The van der Waals surface area contributed by atoms with Gasteiger partial charge < -0.3 is 27.2 Å². The predicted molar refractivity (Wildman–Crippen MR) is 83.6 cm³/mol. The monoisotopic (exact) mass is 321 g/mol. The molecule has 1 heterocycles. The molecule has 0 bridgehead atoms. The Balaban J connectivity index is 0.00000242. The Morgan fingerprint density at radius 1 is 0.955 bits per heavy atom. The fourth-order valence-corrected chi connectivity index (χ4v) is 2.06. The number of rotatable bonds is 8. The number of halogens is 1. The maximum atomic E-state index is 5.63. The largest absolute Gasteiger partial charge is 1.00 e. The molecule has 0 spiro atoms. The second-order valence-electron chi connectivity index (χ2n) is 4.61. The molecule has 1 aromatic heterocycles. The van der Waals surface area contributed by atoms with Crippen molar-refractivity contribution < 1.29 is 21.9 Å². The first-order valence-electron chi connectivity index (χ1n) is 7.31. The quantitative estimate of drug-likeness (QED) is 0.753. The summed E-state index contributed by atoms with van der Waals surface area (Å²) in [6, 6.07) is 10.1. The van der Waals surface area contributed by atoms with Gasteiger partial charge in [0.15, 0.2) is 11.5 Å². The summed E-state index contributed by atoms with van der Waals surface area (Å²) in [4.78, 5) is 4.10. The van der Waals surface area contributed by atoms with Crippen LogP contribution in [0.15, 0.2) is 42.7 Å². The van der Waals surface area contributed by atoms with E-state index in [1.54, 1.807) is 6.20 Å². The molecule has 0 aliphatic carbocycles. The summed E-state index contributed by atoms with van der Waals surface area (Å²) in [7, 11) is 0. The van der Waals surface area contributed by atoms with Crippen LogP contribution in [-0.2, 0) is 13.1 Å². The van der Waals surface area contributed by atoms with Crippen LogP contribution < -0.4 is 27.2 Å².